The number of carbonyl (C=O) groups excluding carboxylic acids is 1. The summed E-state index contributed by atoms with van der Waals surface area (Å²) in [7, 11) is 0. The number of amides is 1. The zero-order valence-electron chi connectivity index (χ0n) is 12.8. The van der Waals surface area contributed by atoms with Gasteiger partial charge in [-0.3, -0.25) is 4.79 Å². The fourth-order valence-corrected chi connectivity index (χ4v) is 3.96. The summed E-state index contributed by atoms with van der Waals surface area (Å²) in [6, 6.07) is 21.4. The van der Waals surface area contributed by atoms with Crippen LogP contribution in [0, 0.1) is 0 Å². The Labute approximate surface area is 154 Å². The Kier molecular flexibility index (Phi) is 5.96. The second-order valence-electron chi connectivity index (χ2n) is 5.17. The molecule has 0 aliphatic heterocycles. The third-order valence-corrected chi connectivity index (χ3v) is 5.65. The maximum absolute atomic E-state index is 12.4. The van der Waals surface area contributed by atoms with E-state index in [4.69, 9.17) is 11.6 Å². The van der Waals surface area contributed by atoms with E-state index in [1.165, 1.54) is 11.8 Å². The van der Waals surface area contributed by atoms with E-state index in [1.807, 2.05) is 72.1 Å². The lowest BCUT2D eigenvalue weighted by Gasteiger charge is -2.18. The van der Waals surface area contributed by atoms with Gasteiger partial charge in [-0.05, 0) is 41.3 Å². The molecule has 3 rings (SSSR count). The first-order chi connectivity index (χ1) is 11.7. The van der Waals surface area contributed by atoms with Gasteiger partial charge >= 0.3 is 0 Å². The average molecular weight is 374 g/mol. The van der Waals surface area contributed by atoms with Gasteiger partial charge in [-0.2, -0.15) is 0 Å². The lowest BCUT2D eigenvalue weighted by Crippen LogP contribution is -2.30. The van der Waals surface area contributed by atoms with Crippen LogP contribution in [0.3, 0.4) is 0 Å². The monoisotopic (exact) mass is 373 g/mol. The van der Waals surface area contributed by atoms with Gasteiger partial charge in [0, 0.05) is 14.8 Å². The van der Waals surface area contributed by atoms with E-state index in [2.05, 4.69) is 5.32 Å². The van der Waals surface area contributed by atoms with Gasteiger partial charge in [-0.15, -0.1) is 23.1 Å². The largest absolute Gasteiger partial charge is 0.344 e. The van der Waals surface area contributed by atoms with E-state index < -0.39 is 0 Å². The molecule has 5 heteroatoms. The van der Waals surface area contributed by atoms with Crippen molar-refractivity contribution in [3.8, 4) is 0 Å². The lowest BCUT2D eigenvalue weighted by atomic mass is 10.1. The zero-order valence-corrected chi connectivity index (χ0v) is 15.2. The Morgan fingerprint density at radius 1 is 1.04 bits per heavy atom. The highest BCUT2D eigenvalue weighted by Gasteiger charge is 2.18. The van der Waals surface area contributed by atoms with Crippen LogP contribution in [0.15, 0.2) is 77.0 Å². The highest BCUT2D eigenvalue weighted by molar-refractivity contribution is 8.00. The van der Waals surface area contributed by atoms with E-state index in [9.17, 15) is 4.79 Å². The minimum Gasteiger partial charge on any atom is -0.344 e. The van der Waals surface area contributed by atoms with Gasteiger partial charge < -0.3 is 5.32 Å². The number of hydrogen-bond acceptors (Lipinski definition) is 3. The summed E-state index contributed by atoms with van der Waals surface area (Å²) >= 11 is 9.14. The molecule has 1 unspecified atom stereocenters. The van der Waals surface area contributed by atoms with E-state index in [-0.39, 0.29) is 11.9 Å². The minimum absolute atomic E-state index is 0.0113. The number of carbonyl (C=O) groups is 1. The molecule has 0 aliphatic carbocycles. The summed E-state index contributed by atoms with van der Waals surface area (Å²) in [5.41, 5.74) is 1.03. The number of thiophene rings is 1. The standard InChI is InChI=1S/C19H16ClNOS2/c20-15-10-8-14(9-11-15)19(17-7-4-12-23-17)21-18(22)13-24-16-5-2-1-3-6-16/h1-12,19H,13H2,(H,21,22). The molecular weight excluding hydrogens is 358 g/mol. The molecule has 0 saturated carbocycles. The van der Waals surface area contributed by atoms with Crippen molar-refractivity contribution in [1.82, 2.24) is 5.32 Å². The van der Waals surface area contributed by atoms with Crippen molar-refractivity contribution in [3.05, 3.63) is 87.6 Å². The molecule has 0 saturated heterocycles. The van der Waals surface area contributed by atoms with Crippen molar-refractivity contribution in [1.29, 1.82) is 0 Å². The fraction of sp³-hybridized carbons (Fsp3) is 0.105. The molecular formula is C19H16ClNOS2. The normalized spacial score (nSPS) is 11.9. The maximum Gasteiger partial charge on any atom is 0.231 e. The van der Waals surface area contributed by atoms with Crippen molar-refractivity contribution in [3.63, 3.8) is 0 Å². The summed E-state index contributed by atoms with van der Waals surface area (Å²) in [6.45, 7) is 0. The van der Waals surface area contributed by atoms with Crippen LogP contribution in [0.25, 0.3) is 0 Å². The summed E-state index contributed by atoms with van der Waals surface area (Å²) < 4.78 is 0. The molecule has 0 fully saturated rings. The molecule has 2 nitrogen and oxygen atoms in total. The molecule has 122 valence electrons. The van der Waals surface area contributed by atoms with Gasteiger partial charge in [0.05, 0.1) is 11.8 Å². The maximum atomic E-state index is 12.4. The second kappa shape index (κ2) is 8.38. The average Bonchev–Trinajstić information content (AvgIpc) is 3.14. The summed E-state index contributed by atoms with van der Waals surface area (Å²) in [4.78, 5) is 14.6. The Morgan fingerprint density at radius 2 is 1.79 bits per heavy atom. The van der Waals surface area contributed by atoms with Crippen LogP contribution in [-0.4, -0.2) is 11.7 Å². The van der Waals surface area contributed by atoms with Gasteiger partial charge in [-0.1, -0.05) is 48.0 Å². The number of hydrogen-bond donors (Lipinski definition) is 1. The molecule has 1 atom stereocenters. The Bertz CT molecular complexity index is 773. The summed E-state index contributed by atoms with van der Waals surface area (Å²) in [6.07, 6.45) is 0. The van der Waals surface area contributed by atoms with Gasteiger partial charge in [0.25, 0.3) is 0 Å². The smallest absolute Gasteiger partial charge is 0.231 e. The van der Waals surface area contributed by atoms with Crippen molar-refractivity contribution < 1.29 is 4.79 Å². The van der Waals surface area contributed by atoms with E-state index in [0.29, 0.717) is 10.8 Å². The van der Waals surface area contributed by atoms with Crippen LogP contribution in [0.4, 0.5) is 0 Å². The minimum atomic E-state index is -0.147. The molecule has 3 aromatic rings. The first-order valence-corrected chi connectivity index (χ1v) is 9.73. The molecule has 1 heterocycles. The van der Waals surface area contributed by atoms with Crippen LogP contribution in [0.2, 0.25) is 5.02 Å². The van der Waals surface area contributed by atoms with Crippen LogP contribution >= 0.6 is 34.7 Å². The number of nitrogens with one attached hydrogen (secondary N) is 1. The zero-order chi connectivity index (χ0) is 16.8. The summed E-state index contributed by atoms with van der Waals surface area (Å²) in [5.74, 6) is 0.400. The number of benzene rings is 2. The third-order valence-electron chi connectivity index (χ3n) is 3.45. The van der Waals surface area contributed by atoms with Gasteiger partial charge in [0.2, 0.25) is 5.91 Å². The Morgan fingerprint density at radius 3 is 2.46 bits per heavy atom. The van der Waals surface area contributed by atoms with Crippen molar-refractivity contribution in [2.75, 3.05) is 5.75 Å². The van der Waals surface area contributed by atoms with Crippen LogP contribution in [-0.2, 0) is 4.79 Å². The molecule has 1 aromatic heterocycles. The van der Waals surface area contributed by atoms with Crippen LogP contribution in [0.1, 0.15) is 16.5 Å². The quantitative estimate of drug-likeness (QED) is 0.586. The molecule has 2 aromatic carbocycles. The van der Waals surface area contributed by atoms with E-state index >= 15 is 0 Å². The van der Waals surface area contributed by atoms with Crippen molar-refractivity contribution in [2.45, 2.75) is 10.9 Å². The predicted octanol–water partition coefficient (Wildman–Crippen LogP) is 5.40. The Hall–Kier alpha value is -1.75. The molecule has 1 N–H and O–H groups in total. The van der Waals surface area contributed by atoms with E-state index in [0.717, 1.165) is 15.3 Å². The van der Waals surface area contributed by atoms with Gasteiger partial charge in [0.15, 0.2) is 0 Å². The SMILES string of the molecule is O=C(CSc1ccccc1)NC(c1ccc(Cl)cc1)c1cccs1. The first kappa shape index (κ1) is 17.1. The summed E-state index contributed by atoms with van der Waals surface area (Å²) in [5, 5.41) is 5.84. The first-order valence-electron chi connectivity index (χ1n) is 7.48. The predicted molar refractivity (Wildman–Crippen MR) is 103 cm³/mol. The van der Waals surface area contributed by atoms with Crippen LogP contribution < -0.4 is 5.32 Å². The molecule has 1 amide bonds. The highest BCUT2D eigenvalue weighted by Crippen LogP contribution is 2.27. The van der Waals surface area contributed by atoms with Gasteiger partial charge in [0.1, 0.15) is 0 Å². The molecule has 0 radical (unpaired) electrons. The molecule has 0 spiro atoms. The fourth-order valence-electron chi connectivity index (χ4n) is 2.30. The highest BCUT2D eigenvalue weighted by atomic mass is 35.5. The Balaban J connectivity index is 1.70. The van der Waals surface area contributed by atoms with Crippen LogP contribution in [0.5, 0.6) is 0 Å². The molecule has 0 aliphatic rings. The number of rotatable bonds is 6. The van der Waals surface area contributed by atoms with Crippen molar-refractivity contribution >= 4 is 40.6 Å². The number of halogens is 1. The molecule has 24 heavy (non-hydrogen) atoms. The van der Waals surface area contributed by atoms with E-state index in [1.54, 1.807) is 11.3 Å². The van der Waals surface area contributed by atoms with Crippen molar-refractivity contribution in [2.24, 2.45) is 0 Å². The van der Waals surface area contributed by atoms with Gasteiger partial charge in [-0.25, -0.2) is 0 Å². The second-order valence-corrected chi connectivity index (χ2v) is 7.63. The topological polar surface area (TPSA) is 29.1 Å². The third kappa shape index (κ3) is 4.63. The number of thioether (sulfide) groups is 1. The molecule has 0 bridgehead atoms. The lowest BCUT2D eigenvalue weighted by molar-refractivity contribution is -0.119.